The lowest BCUT2D eigenvalue weighted by molar-refractivity contribution is -0.385. The first-order valence-corrected chi connectivity index (χ1v) is 6.84. The number of hydrogen-bond acceptors (Lipinski definition) is 5. The van der Waals surface area contributed by atoms with Crippen LogP contribution in [0.25, 0.3) is 0 Å². The van der Waals surface area contributed by atoms with Crippen molar-refractivity contribution in [3.05, 3.63) is 27.4 Å². The number of hydrogen-bond donors (Lipinski definition) is 1. The predicted molar refractivity (Wildman–Crippen MR) is 69.9 cm³/mol. The third-order valence-electron chi connectivity index (χ3n) is 2.54. The zero-order valence-corrected chi connectivity index (χ0v) is 10.6. The number of aromatic nitrogens is 1. The van der Waals surface area contributed by atoms with E-state index < -0.39 is 4.92 Å². The maximum atomic E-state index is 10.5. The summed E-state index contributed by atoms with van der Waals surface area (Å²) >= 11 is 7.85. The molecular weight excluding hydrogens is 262 g/mol. The Morgan fingerprint density at radius 2 is 2.47 bits per heavy atom. The summed E-state index contributed by atoms with van der Waals surface area (Å²) in [5.74, 6) is 2.75. The maximum Gasteiger partial charge on any atom is 0.289 e. The van der Waals surface area contributed by atoms with Crippen molar-refractivity contribution >= 4 is 34.9 Å². The van der Waals surface area contributed by atoms with E-state index in [1.54, 1.807) is 0 Å². The van der Waals surface area contributed by atoms with Gasteiger partial charge in [0.15, 0.2) is 0 Å². The average molecular weight is 274 g/mol. The first-order valence-electron chi connectivity index (χ1n) is 5.31. The van der Waals surface area contributed by atoms with Crippen molar-refractivity contribution in [1.82, 2.24) is 4.98 Å². The zero-order valence-electron chi connectivity index (χ0n) is 9.06. The molecule has 1 aliphatic heterocycles. The number of nitro groups is 1. The van der Waals surface area contributed by atoms with Gasteiger partial charge in [0.25, 0.3) is 5.69 Å². The van der Waals surface area contributed by atoms with Crippen molar-refractivity contribution in [3.63, 3.8) is 0 Å². The Morgan fingerprint density at radius 1 is 1.65 bits per heavy atom. The predicted octanol–water partition coefficient (Wildman–Crippen LogP) is 2.95. The monoisotopic (exact) mass is 273 g/mol. The second-order valence-corrected chi connectivity index (χ2v) is 5.40. The minimum atomic E-state index is -0.501. The zero-order chi connectivity index (χ0) is 12.3. The molecule has 17 heavy (non-hydrogen) atoms. The van der Waals surface area contributed by atoms with Crippen molar-refractivity contribution in [2.75, 3.05) is 16.8 Å². The van der Waals surface area contributed by atoms with Gasteiger partial charge in [-0.1, -0.05) is 11.6 Å². The molecular formula is C10H12ClN3O2S. The van der Waals surface area contributed by atoms with E-state index in [-0.39, 0.29) is 5.69 Å². The average Bonchev–Trinajstić information content (AvgIpc) is 2.33. The van der Waals surface area contributed by atoms with E-state index in [1.807, 2.05) is 11.8 Å². The Hall–Kier alpha value is -1.01. The SMILES string of the molecule is O=[N+]([O-])c1cnc(NC2CCCSC2)c(Cl)c1. The molecule has 0 spiro atoms. The van der Waals surface area contributed by atoms with E-state index in [0.717, 1.165) is 12.2 Å². The molecule has 1 N–H and O–H groups in total. The van der Waals surface area contributed by atoms with Crippen molar-refractivity contribution in [3.8, 4) is 0 Å². The van der Waals surface area contributed by atoms with E-state index in [2.05, 4.69) is 10.3 Å². The topological polar surface area (TPSA) is 68.1 Å². The van der Waals surface area contributed by atoms with Crippen LogP contribution in [0.15, 0.2) is 12.3 Å². The quantitative estimate of drug-likeness (QED) is 0.677. The van der Waals surface area contributed by atoms with Gasteiger partial charge in [0.2, 0.25) is 0 Å². The van der Waals surface area contributed by atoms with Crippen molar-refractivity contribution in [1.29, 1.82) is 0 Å². The highest BCUT2D eigenvalue weighted by molar-refractivity contribution is 7.99. The molecule has 5 nitrogen and oxygen atoms in total. The van der Waals surface area contributed by atoms with Gasteiger partial charge in [-0.25, -0.2) is 4.98 Å². The summed E-state index contributed by atoms with van der Waals surface area (Å²) in [6.45, 7) is 0. The fourth-order valence-corrected chi connectivity index (χ4v) is 2.97. The molecule has 1 saturated heterocycles. The van der Waals surface area contributed by atoms with Crippen LogP contribution in [0.4, 0.5) is 11.5 Å². The van der Waals surface area contributed by atoms with Gasteiger partial charge < -0.3 is 5.32 Å². The number of pyridine rings is 1. The minimum Gasteiger partial charge on any atom is -0.365 e. The van der Waals surface area contributed by atoms with Crippen molar-refractivity contribution in [2.45, 2.75) is 18.9 Å². The standard InChI is InChI=1S/C10H12ClN3O2S/c11-9-4-8(14(15)16)5-12-10(9)13-7-2-1-3-17-6-7/h4-5,7H,1-3,6H2,(H,12,13). The molecule has 7 heteroatoms. The molecule has 0 aromatic carbocycles. The fourth-order valence-electron chi connectivity index (χ4n) is 1.68. The van der Waals surface area contributed by atoms with Crippen LogP contribution in [0.5, 0.6) is 0 Å². The summed E-state index contributed by atoms with van der Waals surface area (Å²) in [4.78, 5) is 14.0. The number of thioether (sulfide) groups is 1. The maximum absolute atomic E-state index is 10.5. The van der Waals surface area contributed by atoms with E-state index in [1.165, 1.54) is 24.4 Å². The summed E-state index contributed by atoms with van der Waals surface area (Å²) in [6.07, 6.45) is 3.49. The van der Waals surface area contributed by atoms with Gasteiger partial charge in [0.05, 0.1) is 9.95 Å². The lowest BCUT2D eigenvalue weighted by atomic mass is 10.2. The normalized spacial score (nSPS) is 19.9. The summed E-state index contributed by atoms with van der Waals surface area (Å²) in [5, 5.41) is 14.1. The summed E-state index contributed by atoms with van der Waals surface area (Å²) in [6, 6.07) is 1.67. The Morgan fingerprint density at radius 3 is 3.06 bits per heavy atom. The molecule has 1 aliphatic rings. The van der Waals surface area contributed by atoms with Crippen LogP contribution in [-0.2, 0) is 0 Å². The molecule has 1 fully saturated rings. The van der Waals surface area contributed by atoms with Crippen LogP contribution in [0, 0.1) is 10.1 Å². The molecule has 1 unspecified atom stereocenters. The lowest BCUT2D eigenvalue weighted by Gasteiger charge is -2.23. The molecule has 1 atom stereocenters. The molecule has 0 aliphatic carbocycles. The van der Waals surface area contributed by atoms with E-state index in [0.29, 0.717) is 16.9 Å². The van der Waals surface area contributed by atoms with Crippen LogP contribution in [0.2, 0.25) is 5.02 Å². The van der Waals surface area contributed by atoms with Crippen LogP contribution < -0.4 is 5.32 Å². The highest BCUT2D eigenvalue weighted by atomic mass is 35.5. The van der Waals surface area contributed by atoms with Gasteiger partial charge in [0.1, 0.15) is 12.0 Å². The number of anilines is 1. The van der Waals surface area contributed by atoms with Crippen LogP contribution in [0.3, 0.4) is 0 Å². The third-order valence-corrected chi connectivity index (χ3v) is 4.04. The molecule has 0 bridgehead atoms. The minimum absolute atomic E-state index is 0.0847. The van der Waals surface area contributed by atoms with Crippen LogP contribution in [-0.4, -0.2) is 27.5 Å². The smallest absolute Gasteiger partial charge is 0.289 e. The molecule has 0 amide bonds. The Labute approximate surface area is 108 Å². The number of nitrogens with one attached hydrogen (secondary N) is 1. The number of halogens is 1. The molecule has 2 heterocycles. The first-order chi connectivity index (χ1) is 8.16. The second kappa shape index (κ2) is 5.55. The van der Waals surface area contributed by atoms with Gasteiger partial charge in [-0.05, 0) is 18.6 Å². The first kappa shape index (κ1) is 12.4. The molecule has 2 rings (SSSR count). The van der Waals surface area contributed by atoms with Gasteiger partial charge in [0, 0.05) is 17.9 Å². The highest BCUT2D eigenvalue weighted by Gasteiger charge is 2.17. The van der Waals surface area contributed by atoms with E-state index >= 15 is 0 Å². The second-order valence-electron chi connectivity index (χ2n) is 3.84. The van der Waals surface area contributed by atoms with Gasteiger partial charge in [-0.15, -0.1) is 0 Å². The highest BCUT2D eigenvalue weighted by Crippen LogP contribution is 2.27. The molecule has 0 saturated carbocycles. The van der Waals surface area contributed by atoms with E-state index in [9.17, 15) is 10.1 Å². The van der Waals surface area contributed by atoms with Crippen LogP contribution >= 0.6 is 23.4 Å². The van der Waals surface area contributed by atoms with Gasteiger partial charge >= 0.3 is 0 Å². The van der Waals surface area contributed by atoms with Crippen LogP contribution in [0.1, 0.15) is 12.8 Å². The molecule has 92 valence electrons. The van der Waals surface area contributed by atoms with E-state index in [4.69, 9.17) is 11.6 Å². The summed E-state index contributed by atoms with van der Waals surface area (Å²) in [5.41, 5.74) is -0.0847. The van der Waals surface area contributed by atoms with Gasteiger partial charge in [-0.3, -0.25) is 10.1 Å². The molecule has 0 radical (unpaired) electrons. The summed E-state index contributed by atoms with van der Waals surface area (Å²) in [7, 11) is 0. The third kappa shape index (κ3) is 3.23. The molecule has 1 aromatic rings. The van der Waals surface area contributed by atoms with Crippen molar-refractivity contribution in [2.24, 2.45) is 0 Å². The fraction of sp³-hybridized carbons (Fsp3) is 0.500. The Balaban J connectivity index is 2.08. The number of rotatable bonds is 3. The number of nitrogens with zero attached hydrogens (tertiary/aromatic N) is 2. The lowest BCUT2D eigenvalue weighted by Crippen LogP contribution is -2.26. The van der Waals surface area contributed by atoms with Gasteiger partial charge in [-0.2, -0.15) is 11.8 Å². The largest absolute Gasteiger partial charge is 0.365 e. The molecule has 1 aromatic heterocycles. The van der Waals surface area contributed by atoms with Crippen molar-refractivity contribution < 1.29 is 4.92 Å². The summed E-state index contributed by atoms with van der Waals surface area (Å²) < 4.78 is 0. The Kier molecular flexibility index (Phi) is 4.06. The Bertz CT molecular complexity index is 424.